The van der Waals surface area contributed by atoms with Crippen molar-refractivity contribution in [3.63, 3.8) is 0 Å². The van der Waals surface area contributed by atoms with Crippen LogP contribution in [0.4, 0.5) is 0 Å². The van der Waals surface area contributed by atoms with Crippen LogP contribution in [-0.4, -0.2) is 34.4 Å². The standard InChI is InChI=1S/C16H17ClN4O2S/c1-9-16(10(2)20-19-9)24(22,23)21-6-5-14-13(8-21)12-4-3-11(17)7-15(12)18-14/h3-4,7,18H,5-6,8H2,1-2H3,(H,19,20). The Kier molecular flexibility index (Phi) is 3.49. The molecular formula is C16H17ClN4O2S. The van der Waals surface area contributed by atoms with Crippen molar-refractivity contribution >= 4 is 32.5 Å². The van der Waals surface area contributed by atoms with Gasteiger partial charge in [0.05, 0.1) is 11.4 Å². The molecular weight excluding hydrogens is 348 g/mol. The topological polar surface area (TPSA) is 81.8 Å². The maximum Gasteiger partial charge on any atom is 0.247 e. The van der Waals surface area contributed by atoms with Gasteiger partial charge in [-0.2, -0.15) is 9.40 Å². The van der Waals surface area contributed by atoms with Gasteiger partial charge in [-0.25, -0.2) is 8.42 Å². The smallest absolute Gasteiger partial charge is 0.247 e. The van der Waals surface area contributed by atoms with E-state index in [2.05, 4.69) is 15.2 Å². The molecule has 0 radical (unpaired) electrons. The van der Waals surface area contributed by atoms with Gasteiger partial charge in [0.2, 0.25) is 10.0 Å². The molecule has 4 rings (SSSR count). The van der Waals surface area contributed by atoms with Crippen LogP contribution < -0.4 is 0 Å². The second-order valence-electron chi connectivity index (χ2n) is 6.12. The van der Waals surface area contributed by atoms with Gasteiger partial charge in [-0.1, -0.05) is 17.7 Å². The fourth-order valence-corrected chi connectivity index (χ4v) is 5.34. The molecule has 1 aliphatic rings. The van der Waals surface area contributed by atoms with E-state index in [4.69, 9.17) is 11.6 Å². The Morgan fingerprint density at radius 3 is 2.79 bits per heavy atom. The van der Waals surface area contributed by atoms with Gasteiger partial charge in [-0.15, -0.1) is 0 Å². The Morgan fingerprint density at radius 1 is 1.29 bits per heavy atom. The monoisotopic (exact) mass is 364 g/mol. The van der Waals surface area contributed by atoms with Crippen LogP contribution in [0.15, 0.2) is 23.1 Å². The summed E-state index contributed by atoms with van der Waals surface area (Å²) in [6.07, 6.45) is 0.650. The van der Waals surface area contributed by atoms with Crippen molar-refractivity contribution in [1.82, 2.24) is 19.5 Å². The molecule has 3 heterocycles. The highest BCUT2D eigenvalue weighted by molar-refractivity contribution is 7.89. The highest BCUT2D eigenvalue weighted by Crippen LogP contribution is 2.32. The minimum Gasteiger partial charge on any atom is -0.358 e. The van der Waals surface area contributed by atoms with E-state index in [1.807, 2.05) is 18.2 Å². The summed E-state index contributed by atoms with van der Waals surface area (Å²) in [5.41, 5.74) is 4.13. The molecule has 2 N–H and O–H groups in total. The van der Waals surface area contributed by atoms with E-state index in [-0.39, 0.29) is 4.90 Å². The molecule has 0 spiro atoms. The molecule has 3 aromatic rings. The summed E-state index contributed by atoms with van der Waals surface area (Å²) in [4.78, 5) is 3.65. The number of aryl methyl sites for hydroxylation is 2. The largest absolute Gasteiger partial charge is 0.358 e. The number of sulfonamides is 1. The summed E-state index contributed by atoms with van der Waals surface area (Å²) in [5.74, 6) is 0. The number of nitrogens with one attached hydrogen (secondary N) is 2. The van der Waals surface area contributed by atoms with Crippen LogP contribution >= 0.6 is 11.6 Å². The number of hydrogen-bond acceptors (Lipinski definition) is 3. The Hall–Kier alpha value is -1.83. The van der Waals surface area contributed by atoms with E-state index in [0.29, 0.717) is 35.9 Å². The van der Waals surface area contributed by atoms with E-state index < -0.39 is 10.0 Å². The Labute approximate surface area is 144 Å². The lowest BCUT2D eigenvalue weighted by Gasteiger charge is -2.26. The van der Waals surface area contributed by atoms with Crippen LogP contribution in [-0.2, 0) is 23.0 Å². The maximum atomic E-state index is 13.0. The molecule has 1 aromatic carbocycles. The minimum absolute atomic E-state index is 0.286. The van der Waals surface area contributed by atoms with E-state index in [1.54, 1.807) is 13.8 Å². The number of aromatic amines is 2. The van der Waals surface area contributed by atoms with Crippen LogP contribution in [0, 0.1) is 13.8 Å². The Bertz CT molecular complexity index is 1030. The van der Waals surface area contributed by atoms with Gasteiger partial charge in [0, 0.05) is 41.1 Å². The molecule has 0 unspecified atom stereocenters. The zero-order valence-electron chi connectivity index (χ0n) is 13.4. The van der Waals surface area contributed by atoms with Crippen LogP contribution in [0.2, 0.25) is 5.02 Å². The molecule has 2 aromatic heterocycles. The van der Waals surface area contributed by atoms with E-state index in [1.165, 1.54) is 4.31 Å². The molecule has 0 aliphatic carbocycles. The SMILES string of the molecule is Cc1n[nH]c(C)c1S(=O)(=O)N1CCc2[nH]c3cc(Cl)ccc3c2C1. The van der Waals surface area contributed by atoms with Crippen LogP contribution in [0.3, 0.4) is 0 Å². The van der Waals surface area contributed by atoms with Crippen LogP contribution in [0.1, 0.15) is 22.6 Å². The van der Waals surface area contributed by atoms with E-state index in [0.717, 1.165) is 22.2 Å². The number of benzene rings is 1. The summed E-state index contributed by atoms with van der Waals surface area (Å²) in [5, 5.41) is 8.46. The number of H-pyrrole nitrogens is 2. The summed E-state index contributed by atoms with van der Waals surface area (Å²) in [7, 11) is -3.58. The third kappa shape index (κ3) is 2.27. The quantitative estimate of drug-likeness (QED) is 0.733. The molecule has 0 saturated heterocycles. The lowest BCUT2D eigenvalue weighted by Crippen LogP contribution is -2.36. The molecule has 126 valence electrons. The van der Waals surface area contributed by atoms with Gasteiger partial charge in [-0.3, -0.25) is 5.10 Å². The maximum absolute atomic E-state index is 13.0. The molecule has 24 heavy (non-hydrogen) atoms. The Balaban J connectivity index is 1.78. The normalized spacial score (nSPS) is 15.8. The fourth-order valence-electron chi connectivity index (χ4n) is 3.42. The van der Waals surface area contributed by atoms with Crippen molar-refractivity contribution in [2.24, 2.45) is 0 Å². The highest BCUT2D eigenvalue weighted by atomic mass is 35.5. The number of halogens is 1. The molecule has 0 bridgehead atoms. The predicted octanol–water partition coefficient (Wildman–Crippen LogP) is 2.91. The second kappa shape index (κ2) is 5.34. The third-order valence-electron chi connectivity index (χ3n) is 4.56. The van der Waals surface area contributed by atoms with Gasteiger partial charge in [0.15, 0.2) is 0 Å². The molecule has 0 amide bonds. The molecule has 8 heteroatoms. The summed E-state index contributed by atoms with van der Waals surface area (Å²) in [6.45, 7) is 4.23. The number of aromatic nitrogens is 3. The number of fused-ring (bicyclic) bond motifs is 3. The molecule has 0 saturated carbocycles. The van der Waals surface area contributed by atoms with E-state index in [9.17, 15) is 8.42 Å². The van der Waals surface area contributed by atoms with Gasteiger partial charge in [0.1, 0.15) is 4.90 Å². The summed E-state index contributed by atoms with van der Waals surface area (Å²) in [6, 6.07) is 5.64. The average Bonchev–Trinajstić information content (AvgIpc) is 3.05. The first kappa shape index (κ1) is 15.7. The van der Waals surface area contributed by atoms with Crippen molar-refractivity contribution in [3.8, 4) is 0 Å². The molecule has 0 fully saturated rings. The van der Waals surface area contributed by atoms with Gasteiger partial charge >= 0.3 is 0 Å². The first-order chi connectivity index (χ1) is 11.4. The van der Waals surface area contributed by atoms with Crippen molar-refractivity contribution in [1.29, 1.82) is 0 Å². The van der Waals surface area contributed by atoms with Gasteiger partial charge in [0.25, 0.3) is 0 Å². The number of hydrogen-bond donors (Lipinski definition) is 2. The number of rotatable bonds is 2. The first-order valence-corrected chi connectivity index (χ1v) is 9.50. The lowest BCUT2D eigenvalue weighted by molar-refractivity contribution is 0.390. The summed E-state index contributed by atoms with van der Waals surface area (Å²) >= 11 is 6.05. The van der Waals surface area contributed by atoms with Gasteiger partial charge < -0.3 is 4.98 Å². The van der Waals surface area contributed by atoms with Crippen molar-refractivity contribution in [2.75, 3.05) is 6.54 Å². The number of nitrogens with zero attached hydrogens (tertiary/aromatic N) is 2. The zero-order chi connectivity index (χ0) is 17.1. The fraction of sp³-hybridized carbons (Fsp3) is 0.312. The van der Waals surface area contributed by atoms with Crippen LogP contribution in [0.25, 0.3) is 10.9 Å². The average molecular weight is 365 g/mol. The third-order valence-corrected chi connectivity index (χ3v) is 6.90. The van der Waals surface area contributed by atoms with Crippen molar-refractivity contribution in [2.45, 2.75) is 31.7 Å². The van der Waals surface area contributed by atoms with E-state index >= 15 is 0 Å². The Morgan fingerprint density at radius 2 is 2.08 bits per heavy atom. The molecule has 6 nitrogen and oxygen atoms in total. The first-order valence-electron chi connectivity index (χ1n) is 7.68. The zero-order valence-corrected chi connectivity index (χ0v) is 14.9. The minimum atomic E-state index is -3.58. The second-order valence-corrected chi connectivity index (χ2v) is 8.43. The van der Waals surface area contributed by atoms with Crippen LogP contribution in [0.5, 0.6) is 0 Å². The predicted molar refractivity (Wildman–Crippen MR) is 92.7 cm³/mol. The molecule has 0 atom stereocenters. The van der Waals surface area contributed by atoms with Gasteiger partial charge in [-0.05, 0) is 31.5 Å². The van der Waals surface area contributed by atoms with Crippen molar-refractivity contribution < 1.29 is 8.42 Å². The lowest BCUT2D eigenvalue weighted by atomic mass is 10.1. The summed E-state index contributed by atoms with van der Waals surface area (Å²) < 4.78 is 27.6. The van der Waals surface area contributed by atoms with Crippen molar-refractivity contribution in [3.05, 3.63) is 45.9 Å². The molecule has 1 aliphatic heterocycles. The highest BCUT2D eigenvalue weighted by Gasteiger charge is 2.33.